The smallest absolute Gasteiger partial charge is 0.0443 e. The van der Waals surface area contributed by atoms with Crippen molar-refractivity contribution in [2.24, 2.45) is 10.8 Å². The summed E-state index contributed by atoms with van der Waals surface area (Å²) in [6.45, 7) is 29.5. The third-order valence-electron chi connectivity index (χ3n) is 15.2. The van der Waals surface area contributed by atoms with Gasteiger partial charge in [0.2, 0.25) is 0 Å². The molecular formula is C51H60. The summed E-state index contributed by atoms with van der Waals surface area (Å²) in [4.78, 5) is 0. The number of rotatable bonds is 7. The van der Waals surface area contributed by atoms with Crippen molar-refractivity contribution in [3.8, 4) is 11.1 Å². The van der Waals surface area contributed by atoms with E-state index in [2.05, 4.69) is 162 Å². The van der Waals surface area contributed by atoms with Gasteiger partial charge in [0.25, 0.3) is 0 Å². The van der Waals surface area contributed by atoms with E-state index in [1.807, 2.05) is 0 Å². The molecule has 1 atom stereocenters. The fourth-order valence-corrected chi connectivity index (χ4v) is 11.2. The van der Waals surface area contributed by atoms with Gasteiger partial charge in [-0.15, -0.1) is 0 Å². The Labute approximate surface area is 309 Å². The van der Waals surface area contributed by atoms with Crippen molar-refractivity contribution in [3.05, 3.63) is 129 Å². The van der Waals surface area contributed by atoms with Crippen LogP contribution in [0.3, 0.4) is 0 Å². The second-order valence-electron chi connectivity index (χ2n) is 18.5. The Morgan fingerprint density at radius 1 is 0.627 bits per heavy atom. The van der Waals surface area contributed by atoms with Gasteiger partial charge in [0.1, 0.15) is 0 Å². The van der Waals surface area contributed by atoms with Gasteiger partial charge in [-0.1, -0.05) is 161 Å². The van der Waals surface area contributed by atoms with Crippen LogP contribution in [-0.4, -0.2) is 0 Å². The Bertz CT molecular complexity index is 2210. The molecule has 0 nitrogen and oxygen atoms in total. The Kier molecular flexibility index (Phi) is 7.55. The fraction of sp³-hybridized carbons (Fsp3) is 0.451. The van der Waals surface area contributed by atoms with E-state index < -0.39 is 0 Å². The van der Waals surface area contributed by atoms with Crippen LogP contribution >= 0.6 is 0 Å². The molecule has 0 heterocycles. The Balaban J connectivity index is 1.53. The molecule has 0 N–H and O–H groups in total. The molecule has 0 radical (unpaired) electrons. The molecule has 1 unspecified atom stereocenters. The monoisotopic (exact) mass is 672 g/mol. The minimum atomic E-state index is -0.234. The molecule has 51 heavy (non-hydrogen) atoms. The number of hydrogen-bond donors (Lipinski definition) is 0. The third kappa shape index (κ3) is 4.32. The molecule has 0 aromatic heterocycles. The third-order valence-corrected chi connectivity index (χ3v) is 15.2. The highest BCUT2D eigenvalue weighted by Crippen LogP contribution is 2.68. The van der Waals surface area contributed by atoms with Gasteiger partial charge < -0.3 is 0 Å². The Morgan fingerprint density at radius 3 is 1.88 bits per heavy atom. The quantitative estimate of drug-likeness (QED) is 0.183. The molecule has 0 saturated heterocycles. The largest absolute Gasteiger partial charge is 0.0654 e. The topological polar surface area (TPSA) is 0 Å². The second kappa shape index (κ2) is 11.2. The van der Waals surface area contributed by atoms with Gasteiger partial charge in [0.05, 0.1) is 0 Å². The summed E-state index contributed by atoms with van der Waals surface area (Å²) < 4.78 is 0. The Hall–Kier alpha value is -3.64. The second-order valence-corrected chi connectivity index (χ2v) is 18.5. The van der Waals surface area contributed by atoms with E-state index in [1.54, 1.807) is 33.4 Å². The Morgan fingerprint density at radius 2 is 1.24 bits per heavy atom. The van der Waals surface area contributed by atoms with E-state index in [0.717, 1.165) is 32.1 Å². The van der Waals surface area contributed by atoms with Crippen molar-refractivity contribution >= 4 is 21.9 Å². The van der Waals surface area contributed by atoms with E-state index in [0.29, 0.717) is 5.92 Å². The maximum atomic E-state index is 2.80. The van der Waals surface area contributed by atoms with Crippen LogP contribution in [0.2, 0.25) is 0 Å². The van der Waals surface area contributed by atoms with Crippen LogP contribution in [0.15, 0.2) is 90.0 Å². The van der Waals surface area contributed by atoms with Gasteiger partial charge >= 0.3 is 0 Å². The summed E-state index contributed by atoms with van der Waals surface area (Å²) in [6.07, 6.45) is 11.1. The normalized spacial score (nSPS) is 21.1. The molecule has 0 fully saturated rings. The van der Waals surface area contributed by atoms with Crippen molar-refractivity contribution in [1.82, 2.24) is 0 Å². The van der Waals surface area contributed by atoms with Gasteiger partial charge in [0, 0.05) is 16.2 Å². The molecule has 0 saturated carbocycles. The zero-order valence-corrected chi connectivity index (χ0v) is 33.6. The molecule has 0 aliphatic heterocycles. The lowest BCUT2D eigenvalue weighted by atomic mass is 9.59. The van der Waals surface area contributed by atoms with E-state index in [1.165, 1.54) is 49.7 Å². The van der Waals surface area contributed by atoms with Crippen LogP contribution in [0.5, 0.6) is 0 Å². The van der Waals surface area contributed by atoms with Crippen LogP contribution < -0.4 is 0 Å². The van der Waals surface area contributed by atoms with E-state index in [4.69, 9.17) is 0 Å². The van der Waals surface area contributed by atoms with Crippen molar-refractivity contribution in [3.63, 3.8) is 0 Å². The van der Waals surface area contributed by atoms with Crippen molar-refractivity contribution in [1.29, 1.82) is 0 Å². The average Bonchev–Trinajstić information content (AvgIpc) is 3.65. The summed E-state index contributed by atoms with van der Waals surface area (Å²) in [5.74, 6) is 0.429. The minimum absolute atomic E-state index is 0.0454. The van der Waals surface area contributed by atoms with E-state index in [-0.39, 0.29) is 27.1 Å². The number of fused-ring (bicyclic) bond motifs is 12. The van der Waals surface area contributed by atoms with Gasteiger partial charge in [-0.25, -0.2) is 0 Å². The fourth-order valence-electron chi connectivity index (χ4n) is 11.2. The summed E-state index contributed by atoms with van der Waals surface area (Å²) in [5.41, 5.74) is 19.7. The van der Waals surface area contributed by atoms with Crippen LogP contribution in [0.1, 0.15) is 160 Å². The van der Waals surface area contributed by atoms with Crippen LogP contribution in [0, 0.1) is 10.8 Å². The molecule has 4 aromatic carbocycles. The molecule has 0 amide bonds. The van der Waals surface area contributed by atoms with Gasteiger partial charge in [-0.2, -0.15) is 0 Å². The predicted octanol–water partition coefficient (Wildman–Crippen LogP) is 14.6. The zero-order chi connectivity index (χ0) is 36.5. The van der Waals surface area contributed by atoms with Crippen LogP contribution in [-0.2, 0) is 16.2 Å². The lowest BCUT2D eigenvalue weighted by Gasteiger charge is -2.44. The highest BCUT2D eigenvalue weighted by molar-refractivity contribution is 6.13. The standard InChI is InChI=1S/C51H60/c1-13-49(11,14-2)32-27-33(50(12,15-3)16-4)30-51(29-32)41-26-25-37-44(48(9,10)45-36-23-19-20-24-40(36)47(7,8)46(37)45)42(41)39-28-38(31(5)6)34-21-17-18-22-35(34)43(39)51/h17-29,31H,13-16,30H2,1-12H3. The highest BCUT2D eigenvalue weighted by atomic mass is 14.6. The first-order valence-electron chi connectivity index (χ1n) is 20.2. The van der Waals surface area contributed by atoms with Crippen LogP contribution in [0.25, 0.3) is 33.0 Å². The van der Waals surface area contributed by atoms with Crippen molar-refractivity contribution < 1.29 is 0 Å². The highest BCUT2D eigenvalue weighted by Gasteiger charge is 2.55. The number of benzene rings is 4. The SMILES string of the molecule is CCC(C)(CC)C1=CC2(CC(C(C)(CC)CC)=C1)c1ccc3c(c1-c1cc(C(C)C)c4ccccc4c12)C(C)(C)C1=C3C(C)(C)c2ccccc21. The summed E-state index contributed by atoms with van der Waals surface area (Å²) in [5, 5.41) is 2.88. The van der Waals surface area contributed by atoms with Crippen LogP contribution in [0.4, 0.5) is 0 Å². The first kappa shape index (κ1) is 34.4. The molecule has 1 spiro atoms. The predicted molar refractivity (Wildman–Crippen MR) is 222 cm³/mol. The molecule has 0 bridgehead atoms. The molecule has 8 rings (SSSR count). The maximum absolute atomic E-state index is 2.80. The molecule has 264 valence electrons. The lowest BCUT2D eigenvalue weighted by molar-refractivity contribution is 0.328. The number of hydrogen-bond acceptors (Lipinski definition) is 0. The summed E-state index contributed by atoms with van der Waals surface area (Å²) in [6, 6.07) is 26.5. The van der Waals surface area contributed by atoms with Gasteiger partial charge in [0.15, 0.2) is 0 Å². The molecule has 4 aliphatic carbocycles. The first-order chi connectivity index (χ1) is 24.1. The summed E-state index contributed by atoms with van der Waals surface area (Å²) >= 11 is 0. The molecule has 0 heteroatoms. The molecule has 4 aliphatic rings. The minimum Gasteiger partial charge on any atom is -0.0654 e. The van der Waals surface area contributed by atoms with Gasteiger partial charge in [-0.3, -0.25) is 0 Å². The van der Waals surface area contributed by atoms with Gasteiger partial charge in [-0.05, 0) is 132 Å². The summed E-state index contributed by atoms with van der Waals surface area (Å²) in [7, 11) is 0. The molecule has 4 aromatic rings. The van der Waals surface area contributed by atoms with Crippen molar-refractivity contribution in [2.75, 3.05) is 0 Å². The molecular weight excluding hydrogens is 613 g/mol. The van der Waals surface area contributed by atoms with E-state index >= 15 is 0 Å². The first-order valence-corrected chi connectivity index (χ1v) is 20.2. The lowest BCUT2D eigenvalue weighted by Crippen LogP contribution is -2.34. The van der Waals surface area contributed by atoms with E-state index in [9.17, 15) is 0 Å². The average molecular weight is 673 g/mol. The number of allylic oxidation sites excluding steroid dienone is 6. The zero-order valence-electron chi connectivity index (χ0n) is 33.6. The van der Waals surface area contributed by atoms with Crippen molar-refractivity contribution in [2.45, 2.75) is 137 Å². The maximum Gasteiger partial charge on any atom is 0.0443 e.